The van der Waals surface area contributed by atoms with Crippen molar-refractivity contribution in [3.63, 3.8) is 0 Å². The average molecular weight is 286 g/mol. The first-order valence-electron chi connectivity index (χ1n) is 6.13. The maximum absolute atomic E-state index is 10.6. The molecular weight excluding hydrogens is 270 g/mol. The zero-order chi connectivity index (χ0) is 13.7. The molecular formula is C11H16ClN5O2. The average Bonchev–Trinajstić information content (AvgIpc) is 2.41. The number of halogens is 1. The quantitative estimate of drug-likeness (QED) is 0.619. The number of nitrogens with one attached hydrogen (secondary N) is 2. The first-order chi connectivity index (χ1) is 9.16. The van der Waals surface area contributed by atoms with E-state index in [4.69, 9.17) is 11.6 Å². The summed E-state index contributed by atoms with van der Waals surface area (Å²) in [4.78, 5) is 16.4. The Labute approximate surface area is 116 Å². The van der Waals surface area contributed by atoms with Crippen LogP contribution in [0.25, 0.3) is 0 Å². The molecule has 8 heteroatoms. The summed E-state index contributed by atoms with van der Waals surface area (Å²) in [6, 6.07) is 1.31. The van der Waals surface area contributed by atoms with Crippen molar-refractivity contribution >= 4 is 23.1 Å². The molecule has 1 aliphatic rings. The normalized spacial score (nSPS) is 16.3. The summed E-state index contributed by atoms with van der Waals surface area (Å²) in [6.07, 6.45) is 1.21. The molecule has 1 aliphatic heterocycles. The number of piperazine rings is 1. The summed E-state index contributed by atoms with van der Waals surface area (Å²) in [5, 5.41) is 17.2. The number of pyridine rings is 1. The Balaban J connectivity index is 1.83. The van der Waals surface area contributed by atoms with Crippen LogP contribution in [0.1, 0.15) is 0 Å². The zero-order valence-electron chi connectivity index (χ0n) is 10.4. The standard InChI is InChI=1S/C11H16ClN5O2/c12-10-7-9(17(18)19)8-15-11(10)14-3-6-16-4-1-13-2-5-16/h7-8,13H,1-6H2,(H,14,15). The van der Waals surface area contributed by atoms with Gasteiger partial charge in [-0.2, -0.15) is 0 Å². The molecule has 1 aromatic heterocycles. The summed E-state index contributed by atoms with van der Waals surface area (Å²) in [6.45, 7) is 5.69. The minimum Gasteiger partial charge on any atom is -0.368 e. The fraction of sp³-hybridized carbons (Fsp3) is 0.545. The fourth-order valence-electron chi connectivity index (χ4n) is 1.92. The SMILES string of the molecule is O=[N+]([O-])c1cnc(NCCN2CCNCC2)c(Cl)c1. The predicted octanol–water partition coefficient (Wildman–Crippen LogP) is 0.960. The highest BCUT2D eigenvalue weighted by Crippen LogP contribution is 2.23. The lowest BCUT2D eigenvalue weighted by Gasteiger charge is -2.27. The number of rotatable bonds is 5. The van der Waals surface area contributed by atoms with Crippen LogP contribution in [-0.2, 0) is 0 Å². The number of hydrogen-bond acceptors (Lipinski definition) is 6. The van der Waals surface area contributed by atoms with Crippen molar-refractivity contribution in [1.29, 1.82) is 0 Å². The summed E-state index contributed by atoms with van der Waals surface area (Å²) >= 11 is 5.94. The molecule has 0 unspecified atom stereocenters. The van der Waals surface area contributed by atoms with Crippen LogP contribution in [0, 0.1) is 10.1 Å². The van der Waals surface area contributed by atoms with E-state index in [-0.39, 0.29) is 10.7 Å². The first-order valence-corrected chi connectivity index (χ1v) is 6.51. The van der Waals surface area contributed by atoms with Crippen LogP contribution in [0.15, 0.2) is 12.3 Å². The molecule has 1 aromatic rings. The Bertz CT molecular complexity index is 451. The van der Waals surface area contributed by atoms with Crippen LogP contribution < -0.4 is 10.6 Å². The molecule has 0 saturated carbocycles. The van der Waals surface area contributed by atoms with Crippen molar-refractivity contribution < 1.29 is 4.92 Å². The third-order valence-electron chi connectivity index (χ3n) is 2.97. The minimum absolute atomic E-state index is 0.0994. The van der Waals surface area contributed by atoms with Crippen molar-refractivity contribution in [3.8, 4) is 0 Å². The minimum atomic E-state index is -0.511. The van der Waals surface area contributed by atoms with Gasteiger partial charge in [0.25, 0.3) is 5.69 Å². The molecule has 2 rings (SSSR count). The number of nitro groups is 1. The van der Waals surface area contributed by atoms with Gasteiger partial charge < -0.3 is 10.6 Å². The second kappa shape index (κ2) is 6.65. The molecule has 0 aliphatic carbocycles. The van der Waals surface area contributed by atoms with Gasteiger partial charge in [-0.3, -0.25) is 15.0 Å². The van der Waals surface area contributed by atoms with E-state index in [0.717, 1.165) is 32.7 Å². The monoisotopic (exact) mass is 285 g/mol. The van der Waals surface area contributed by atoms with Crippen LogP contribution in [0.5, 0.6) is 0 Å². The van der Waals surface area contributed by atoms with E-state index in [2.05, 4.69) is 20.5 Å². The van der Waals surface area contributed by atoms with Gasteiger partial charge in [0.1, 0.15) is 12.0 Å². The summed E-state index contributed by atoms with van der Waals surface area (Å²) in [5.74, 6) is 0.488. The molecule has 1 fully saturated rings. The first kappa shape index (κ1) is 14.0. The van der Waals surface area contributed by atoms with E-state index in [1.807, 2.05) is 0 Å². The van der Waals surface area contributed by atoms with Gasteiger partial charge in [0.2, 0.25) is 0 Å². The molecule has 0 atom stereocenters. The van der Waals surface area contributed by atoms with E-state index in [1.54, 1.807) is 0 Å². The summed E-state index contributed by atoms with van der Waals surface area (Å²) in [5.41, 5.74) is -0.0994. The smallest absolute Gasteiger partial charge is 0.289 e. The van der Waals surface area contributed by atoms with Crippen molar-refractivity contribution in [1.82, 2.24) is 15.2 Å². The van der Waals surface area contributed by atoms with E-state index in [0.29, 0.717) is 12.4 Å². The lowest BCUT2D eigenvalue weighted by molar-refractivity contribution is -0.385. The Morgan fingerprint density at radius 1 is 1.53 bits per heavy atom. The van der Waals surface area contributed by atoms with Crippen molar-refractivity contribution in [2.45, 2.75) is 0 Å². The van der Waals surface area contributed by atoms with Gasteiger partial charge in [0, 0.05) is 45.3 Å². The molecule has 0 aromatic carbocycles. The number of nitrogens with zero attached hydrogens (tertiary/aromatic N) is 3. The van der Waals surface area contributed by atoms with Gasteiger partial charge in [0.05, 0.1) is 9.95 Å². The Morgan fingerprint density at radius 3 is 2.89 bits per heavy atom. The number of hydrogen-bond donors (Lipinski definition) is 2. The second-order valence-corrected chi connectivity index (χ2v) is 4.71. The Hall–Kier alpha value is -1.44. The van der Waals surface area contributed by atoms with Gasteiger partial charge in [-0.1, -0.05) is 11.6 Å². The molecule has 7 nitrogen and oxygen atoms in total. The van der Waals surface area contributed by atoms with Crippen LogP contribution in [0.3, 0.4) is 0 Å². The fourth-order valence-corrected chi connectivity index (χ4v) is 2.15. The Morgan fingerprint density at radius 2 is 2.26 bits per heavy atom. The maximum Gasteiger partial charge on any atom is 0.289 e. The largest absolute Gasteiger partial charge is 0.368 e. The highest BCUT2D eigenvalue weighted by molar-refractivity contribution is 6.33. The number of aromatic nitrogens is 1. The number of anilines is 1. The molecule has 0 bridgehead atoms. The van der Waals surface area contributed by atoms with Crippen LogP contribution in [-0.4, -0.2) is 54.1 Å². The molecule has 0 radical (unpaired) electrons. The van der Waals surface area contributed by atoms with E-state index < -0.39 is 4.92 Å². The second-order valence-electron chi connectivity index (χ2n) is 4.30. The van der Waals surface area contributed by atoms with Gasteiger partial charge in [0.15, 0.2) is 0 Å². The highest BCUT2D eigenvalue weighted by atomic mass is 35.5. The molecule has 2 N–H and O–H groups in total. The zero-order valence-corrected chi connectivity index (χ0v) is 11.2. The van der Waals surface area contributed by atoms with Crippen LogP contribution in [0.4, 0.5) is 11.5 Å². The van der Waals surface area contributed by atoms with Gasteiger partial charge in [-0.05, 0) is 0 Å². The van der Waals surface area contributed by atoms with E-state index >= 15 is 0 Å². The third kappa shape index (κ3) is 4.02. The van der Waals surface area contributed by atoms with Crippen LogP contribution >= 0.6 is 11.6 Å². The lowest BCUT2D eigenvalue weighted by Crippen LogP contribution is -2.45. The van der Waals surface area contributed by atoms with E-state index in [1.165, 1.54) is 12.3 Å². The summed E-state index contributed by atoms with van der Waals surface area (Å²) in [7, 11) is 0. The van der Waals surface area contributed by atoms with Gasteiger partial charge >= 0.3 is 0 Å². The molecule has 2 heterocycles. The summed E-state index contributed by atoms with van der Waals surface area (Å²) < 4.78 is 0. The topological polar surface area (TPSA) is 83.3 Å². The molecule has 0 amide bonds. The van der Waals surface area contributed by atoms with Crippen molar-refractivity contribution in [3.05, 3.63) is 27.4 Å². The predicted molar refractivity (Wildman–Crippen MR) is 73.7 cm³/mol. The van der Waals surface area contributed by atoms with Gasteiger partial charge in [-0.15, -0.1) is 0 Å². The molecule has 19 heavy (non-hydrogen) atoms. The van der Waals surface area contributed by atoms with Crippen molar-refractivity contribution in [2.75, 3.05) is 44.6 Å². The Kier molecular flexibility index (Phi) is 4.89. The van der Waals surface area contributed by atoms with Crippen LogP contribution in [0.2, 0.25) is 5.02 Å². The lowest BCUT2D eigenvalue weighted by atomic mass is 10.3. The van der Waals surface area contributed by atoms with Crippen molar-refractivity contribution in [2.24, 2.45) is 0 Å². The molecule has 104 valence electrons. The van der Waals surface area contributed by atoms with Gasteiger partial charge in [-0.25, -0.2) is 4.98 Å². The maximum atomic E-state index is 10.6. The highest BCUT2D eigenvalue weighted by Gasteiger charge is 2.12. The van der Waals surface area contributed by atoms with E-state index in [9.17, 15) is 10.1 Å². The third-order valence-corrected chi connectivity index (χ3v) is 3.26. The molecule has 1 saturated heterocycles. The molecule has 0 spiro atoms.